The Labute approximate surface area is 168 Å². The SMILES string of the molecule is CCNC(=NCCCCNc1ccccn1)N1CCC(C)C(n2ccnc2)C1. The summed E-state index contributed by atoms with van der Waals surface area (Å²) in [6, 6.07) is 6.37. The first-order valence-corrected chi connectivity index (χ1v) is 10.4. The maximum absolute atomic E-state index is 4.89. The van der Waals surface area contributed by atoms with Gasteiger partial charge < -0.3 is 20.1 Å². The van der Waals surface area contributed by atoms with E-state index in [-0.39, 0.29) is 0 Å². The quantitative estimate of drug-likeness (QED) is 0.417. The van der Waals surface area contributed by atoms with E-state index in [1.54, 1.807) is 0 Å². The van der Waals surface area contributed by atoms with Crippen molar-refractivity contribution in [3.8, 4) is 0 Å². The van der Waals surface area contributed by atoms with Gasteiger partial charge in [-0.2, -0.15) is 0 Å². The van der Waals surface area contributed by atoms with Gasteiger partial charge in [0.1, 0.15) is 5.82 Å². The molecule has 1 aliphatic heterocycles. The van der Waals surface area contributed by atoms with Crippen LogP contribution in [-0.2, 0) is 0 Å². The predicted octanol–water partition coefficient (Wildman–Crippen LogP) is 3.02. The minimum Gasteiger partial charge on any atom is -0.370 e. The van der Waals surface area contributed by atoms with E-state index in [0.29, 0.717) is 12.0 Å². The van der Waals surface area contributed by atoms with Crippen LogP contribution < -0.4 is 10.6 Å². The lowest BCUT2D eigenvalue weighted by atomic mass is 9.93. The Morgan fingerprint density at radius 2 is 2.21 bits per heavy atom. The van der Waals surface area contributed by atoms with E-state index >= 15 is 0 Å². The third-order valence-electron chi connectivity index (χ3n) is 5.28. The number of guanidine groups is 1. The second-order valence-electron chi connectivity index (χ2n) is 7.37. The molecule has 0 aromatic carbocycles. The number of likely N-dealkylation sites (tertiary alicyclic amines) is 1. The monoisotopic (exact) mass is 383 g/mol. The van der Waals surface area contributed by atoms with Gasteiger partial charge in [0.05, 0.1) is 12.4 Å². The molecular formula is C21H33N7. The van der Waals surface area contributed by atoms with Gasteiger partial charge in [0.25, 0.3) is 0 Å². The van der Waals surface area contributed by atoms with Crippen LogP contribution in [0.15, 0.2) is 48.1 Å². The van der Waals surface area contributed by atoms with Crippen LogP contribution in [0.3, 0.4) is 0 Å². The Kier molecular flexibility index (Phi) is 7.70. The van der Waals surface area contributed by atoms with Crippen LogP contribution in [0.5, 0.6) is 0 Å². The zero-order valence-corrected chi connectivity index (χ0v) is 17.1. The van der Waals surface area contributed by atoms with Crippen LogP contribution in [-0.4, -0.2) is 58.1 Å². The van der Waals surface area contributed by atoms with Gasteiger partial charge in [-0.1, -0.05) is 13.0 Å². The minimum absolute atomic E-state index is 0.447. The predicted molar refractivity (Wildman–Crippen MR) is 115 cm³/mol. The molecule has 0 saturated carbocycles. The van der Waals surface area contributed by atoms with Crippen molar-refractivity contribution in [3.05, 3.63) is 43.1 Å². The minimum atomic E-state index is 0.447. The molecule has 0 aliphatic carbocycles. The molecule has 7 nitrogen and oxygen atoms in total. The van der Waals surface area contributed by atoms with E-state index in [4.69, 9.17) is 4.99 Å². The number of piperidine rings is 1. The standard InChI is InChI=1S/C21H33N7/c1-3-23-21(26-12-7-6-11-25-20-8-4-5-10-24-20)27-14-9-18(2)19(16-27)28-15-13-22-17-28/h4-5,8,10,13,15,17-19H,3,6-7,9,11-12,14,16H2,1-2H3,(H,23,26)(H,24,25). The maximum Gasteiger partial charge on any atom is 0.193 e. The van der Waals surface area contributed by atoms with Crippen LogP contribution in [0.2, 0.25) is 0 Å². The largest absolute Gasteiger partial charge is 0.370 e. The van der Waals surface area contributed by atoms with Gasteiger partial charge in [0.2, 0.25) is 0 Å². The number of rotatable bonds is 8. The fourth-order valence-corrected chi connectivity index (χ4v) is 3.63. The lowest BCUT2D eigenvalue weighted by Gasteiger charge is -2.39. The lowest BCUT2D eigenvalue weighted by Crippen LogP contribution is -2.49. The molecule has 7 heteroatoms. The average Bonchev–Trinajstić information content (AvgIpc) is 3.25. The zero-order valence-electron chi connectivity index (χ0n) is 17.1. The van der Waals surface area contributed by atoms with Gasteiger partial charge in [-0.25, -0.2) is 9.97 Å². The first-order valence-electron chi connectivity index (χ1n) is 10.4. The maximum atomic E-state index is 4.89. The van der Waals surface area contributed by atoms with Crippen molar-refractivity contribution in [2.75, 3.05) is 38.0 Å². The van der Waals surface area contributed by atoms with Gasteiger partial charge >= 0.3 is 0 Å². The Morgan fingerprint density at radius 1 is 1.29 bits per heavy atom. The van der Waals surface area contributed by atoms with Crippen molar-refractivity contribution in [2.24, 2.45) is 10.9 Å². The topological polar surface area (TPSA) is 70.4 Å². The smallest absolute Gasteiger partial charge is 0.193 e. The van der Waals surface area contributed by atoms with E-state index < -0.39 is 0 Å². The van der Waals surface area contributed by atoms with E-state index in [0.717, 1.165) is 57.3 Å². The molecule has 2 aromatic rings. The van der Waals surface area contributed by atoms with Crippen molar-refractivity contribution in [2.45, 2.75) is 39.2 Å². The molecule has 1 aliphatic rings. The summed E-state index contributed by atoms with van der Waals surface area (Å²) in [6.45, 7) is 9.15. The van der Waals surface area contributed by atoms with Gasteiger partial charge in [-0.3, -0.25) is 4.99 Å². The van der Waals surface area contributed by atoms with Crippen LogP contribution in [0.1, 0.15) is 39.2 Å². The first kappa shape index (κ1) is 20.2. The summed E-state index contributed by atoms with van der Waals surface area (Å²) in [5.41, 5.74) is 0. The van der Waals surface area contributed by atoms with Crippen LogP contribution >= 0.6 is 0 Å². The second-order valence-corrected chi connectivity index (χ2v) is 7.37. The molecule has 0 spiro atoms. The lowest BCUT2D eigenvalue weighted by molar-refractivity contribution is 0.189. The number of hydrogen-bond donors (Lipinski definition) is 2. The Morgan fingerprint density at radius 3 is 2.96 bits per heavy atom. The molecule has 2 atom stereocenters. The van der Waals surface area contributed by atoms with E-state index in [9.17, 15) is 0 Å². The summed E-state index contributed by atoms with van der Waals surface area (Å²) in [7, 11) is 0. The third-order valence-corrected chi connectivity index (χ3v) is 5.28. The summed E-state index contributed by atoms with van der Waals surface area (Å²) < 4.78 is 2.24. The number of imidazole rings is 1. The number of unbranched alkanes of at least 4 members (excludes halogenated alkanes) is 1. The van der Waals surface area contributed by atoms with Gasteiger partial charge in [0.15, 0.2) is 5.96 Å². The highest BCUT2D eigenvalue weighted by Gasteiger charge is 2.28. The van der Waals surface area contributed by atoms with Crippen LogP contribution in [0, 0.1) is 5.92 Å². The molecule has 1 fully saturated rings. The highest BCUT2D eigenvalue weighted by molar-refractivity contribution is 5.80. The van der Waals surface area contributed by atoms with Crippen LogP contribution in [0.4, 0.5) is 5.82 Å². The van der Waals surface area contributed by atoms with Crippen molar-refractivity contribution < 1.29 is 0 Å². The van der Waals surface area contributed by atoms with Crippen molar-refractivity contribution in [1.82, 2.24) is 24.8 Å². The molecule has 152 valence electrons. The summed E-state index contributed by atoms with van der Waals surface area (Å²) in [5.74, 6) is 2.62. The number of nitrogens with one attached hydrogen (secondary N) is 2. The van der Waals surface area contributed by atoms with Crippen molar-refractivity contribution in [3.63, 3.8) is 0 Å². The number of pyridine rings is 1. The molecule has 2 aromatic heterocycles. The molecular weight excluding hydrogens is 350 g/mol. The molecule has 0 amide bonds. The van der Waals surface area contributed by atoms with Gasteiger partial charge in [0, 0.05) is 51.3 Å². The molecule has 3 heterocycles. The third kappa shape index (κ3) is 5.71. The molecule has 1 saturated heterocycles. The van der Waals surface area contributed by atoms with Gasteiger partial charge in [-0.15, -0.1) is 0 Å². The Balaban J connectivity index is 1.48. The summed E-state index contributed by atoms with van der Waals surface area (Å²) in [4.78, 5) is 15.8. The van der Waals surface area contributed by atoms with E-state index in [1.165, 1.54) is 6.42 Å². The fourth-order valence-electron chi connectivity index (χ4n) is 3.63. The van der Waals surface area contributed by atoms with Gasteiger partial charge in [-0.05, 0) is 44.2 Å². The number of hydrogen-bond acceptors (Lipinski definition) is 4. The number of aliphatic imine (C=N–C) groups is 1. The molecule has 2 N–H and O–H groups in total. The number of nitrogens with zero attached hydrogens (tertiary/aromatic N) is 5. The second kappa shape index (κ2) is 10.7. The molecule has 2 unspecified atom stereocenters. The Hall–Kier alpha value is -2.57. The fraction of sp³-hybridized carbons (Fsp3) is 0.571. The highest BCUT2D eigenvalue weighted by atomic mass is 15.3. The number of aromatic nitrogens is 3. The molecule has 28 heavy (non-hydrogen) atoms. The van der Waals surface area contributed by atoms with Crippen LogP contribution in [0.25, 0.3) is 0 Å². The summed E-state index contributed by atoms with van der Waals surface area (Å²) in [5, 5.41) is 6.83. The molecule has 0 bridgehead atoms. The van der Waals surface area contributed by atoms with E-state index in [1.807, 2.05) is 36.9 Å². The normalized spacial score (nSPS) is 20.2. The molecule has 0 radical (unpaired) electrons. The number of anilines is 1. The summed E-state index contributed by atoms with van der Waals surface area (Å²) >= 11 is 0. The average molecular weight is 384 g/mol. The Bertz CT molecular complexity index is 699. The van der Waals surface area contributed by atoms with Crippen molar-refractivity contribution in [1.29, 1.82) is 0 Å². The highest BCUT2D eigenvalue weighted by Crippen LogP contribution is 2.27. The summed E-state index contributed by atoms with van der Waals surface area (Å²) in [6.07, 6.45) is 11.0. The zero-order chi connectivity index (χ0) is 19.6. The van der Waals surface area contributed by atoms with Crippen molar-refractivity contribution >= 4 is 11.8 Å². The molecule has 3 rings (SSSR count). The first-order chi connectivity index (χ1) is 13.8. The van der Waals surface area contributed by atoms with E-state index in [2.05, 4.69) is 50.1 Å².